The Bertz CT molecular complexity index is 542. The Kier molecular flexibility index (Phi) is 3.41. The molecule has 98 valence electrons. The minimum Gasteiger partial charge on any atom is -0.480 e. The largest absolute Gasteiger partial charge is 0.480 e. The fourth-order valence-electron chi connectivity index (χ4n) is 2.11. The molecule has 0 saturated heterocycles. The lowest BCUT2D eigenvalue weighted by Gasteiger charge is -2.15. The molecule has 1 unspecified atom stereocenters. The van der Waals surface area contributed by atoms with Crippen LogP contribution in [0.3, 0.4) is 0 Å². The molecule has 1 atom stereocenters. The van der Waals surface area contributed by atoms with E-state index in [1.54, 1.807) is 0 Å². The van der Waals surface area contributed by atoms with Gasteiger partial charge in [-0.3, -0.25) is 4.79 Å². The predicted octanol–water partition coefficient (Wildman–Crippen LogP) is 0.546. The van der Waals surface area contributed by atoms with Crippen LogP contribution in [0.4, 0.5) is 0 Å². The molecule has 0 aliphatic heterocycles. The molecular weight excluding hydrogens is 254 g/mol. The summed E-state index contributed by atoms with van der Waals surface area (Å²) in [4.78, 5) is 10.7. The van der Waals surface area contributed by atoms with E-state index in [1.165, 1.54) is 6.92 Å². The first kappa shape index (κ1) is 13.0. The zero-order valence-electron chi connectivity index (χ0n) is 9.96. The first-order valence-corrected chi connectivity index (χ1v) is 7.25. The van der Waals surface area contributed by atoms with Gasteiger partial charge in [0.2, 0.25) is 10.0 Å². The Hall–Kier alpha value is -1.40. The summed E-state index contributed by atoms with van der Waals surface area (Å²) in [6.07, 6.45) is 1.23. The Morgan fingerprint density at radius 1 is 1.33 bits per heavy atom. The molecule has 0 aromatic heterocycles. The van der Waals surface area contributed by atoms with E-state index in [0.29, 0.717) is 12.8 Å². The quantitative estimate of drug-likeness (QED) is 0.836. The van der Waals surface area contributed by atoms with Crippen LogP contribution in [0.15, 0.2) is 24.3 Å². The normalized spacial score (nSPS) is 17.4. The second-order valence-electron chi connectivity index (χ2n) is 4.52. The first-order chi connectivity index (χ1) is 8.40. The smallest absolute Gasteiger partial charge is 0.323 e. The standard InChI is InChI=1S/C12H15NO4S/c1-8(12(14)15)18(16,17)13-11-6-9-4-2-3-5-10(9)7-11/h2-5,8,11,13H,6-7H2,1H3,(H,14,15). The summed E-state index contributed by atoms with van der Waals surface area (Å²) in [5.74, 6) is -1.34. The van der Waals surface area contributed by atoms with Crippen LogP contribution in [0.25, 0.3) is 0 Å². The van der Waals surface area contributed by atoms with Crippen molar-refractivity contribution >= 4 is 16.0 Å². The molecule has 1 aromatic carbocycles. The number of carboxylic acid groups (broad SMARTS) is 1. The zero-order valence-corrected chi connectivity index (χ0v) is 10.8. The molecule has 2 N–H and O–H groups in total. The number of carboxylic acids is 1. The molecular formula is C12H15NO4S. The molecule has 1 aromatic rings. The van der Waals surface area contributed by atoms with Crippen LogP contribution in [0.5, 0.6) is 0 Å². The second kappa shape index (κ2) is 4.70. The van der Waals surface area contributed by atoms with E-state index in [-0.39, 0.29) is 6.04 Å². The highest BCUT2D eigenvalue weighted by molar-refractivity contribution is 7.90. The summed E-state index contributed by atoms with van der Waals surface area (Å²) >= 11 is 0. The summed E-state index contributed by atoms with van der Waals surface area (Å²) in [6, 6.07) is 7.51. The van der Waals surface area contributed by atoms with Gasteiger partial charge in [-0.1, -0.05) is 24.3 Å². The van der Waals surface area contributed by atoms with Crippen molar-refractivity contribution in [2.75, 3.05) is 0 Å². The SMILES string of the molecule is CC(C(=O)O)S(=O)(=O)NC1Cc2ccccc2C1. The first-order valence-electron chi connectivity index (χ1n) is 5.71. The molecule has 0 heterocycles. The van der Waals surface area contributed by atoms with Crippen molar-refractivity contribution < 1.29 is 18.3 Å². The van der Waals surface area contributed by atoms with Crippen LogP contribution in [-0.4, -0.2) is 30.8 Å². The van der Waals surface area contributed by atoms with Gasteiger partial charge in [0.05, 0.1) is 0 Å². The Balaban J connectivity index is 2.08. The number of fused-ring (bicyclic) bond motifs is 1. The fourth-order valence-corrected chi connectivity index (χ4v) is 3.21. The molecule has 0 spiro atoms. The maximum atomic E-state index is 11.8. The number of sulfonamides is 1. The number of nitrogens with one attached hydrogen (secondary N) is 1. The fraction of sp³-hybridized carbons (Fsp3) is 0.417. The molecule has 5 nitrogen and oxygen atoms in total. The number of carbonyl (C=O) groups is 1. The topological polar surface area (TPSA) is 83.5 Å². The van der Waals surface area contributed by atoms with E-state index >= 15 is 0 Å². The molecule has 1 aliphatic carbocycles. The van der Waals surface area contributed by atoms with Gasteiger partial charge in [-0.2, -0.15) is 0 Å². The number of hydrogen-bond donors (Lipinski definition) is 2. The average molecular weight is 269 g/mol. The average Bonchev–Trinajstić information content (AvgIpc) is 2.68. The Morgan fingerprint density at radius 3 is 2.28 bits per heavy atom. The van der Waals surface area contributed by atoms with Gasteiger partial charge in [0.1, 0.15) is 0 Å². The monoisotopic (exact) mass is 269 g/mol. The van der Waals surface area contributed by atoms with Gasteiger partial charge in [-0.15, -0.1) is 0 Å². The molecule has 2 rings (SSSR count). The zero-order chi connectivity index (χ0) is 13.3. The lowest BCUT2D eigenvalue weighted by Crippen LogP contribution is -2.43. The van der Waals surface area contributed by atoms with Crippen LogP contribution in [0.1, 0.15) is 18.1 Å². The van der Waals surface area contributed by atoms with Crippen LogP contribution in [0, 0.1) is 0 Å². The van der Waals surface area contributed by atoms with E-state index in [9.17, 15) is 13.2 Å². The van der Waals surface area contributed by atoms with Crippen molar-refractivity contribution in [1.82, 2.24) is 4.72 Å². The summed E-state index contributed by atoms with van der Waals surface area (Å²) in [6.45, 7) is 1.17. The van der Waals surface area contributed by atoms with E-state index in [2.05, 4.69) is 4.72 Å². The highest BCUT2D eigenvalue weighted by Crippen LogP contribution is 2.22. The summed E-state index contributed by atoms with van der Waals surface area (Å²) in [5.41, 5.74) is 2.24. The third-order valence-electron chi connectivity index (χ3n) is 3.20. The van der Waals surface area contributed by atoms with Gasteiger partial charge in [0.15, 0.2) is 5.25 Å². The highest BCUT2D eigenvalue weighted by atomic mass is 32.2. The Labute approximate surface area is 106 Å². The summed E-state index contributed by atoms with van der Waals surface area (Å²) in [5, 5.41) is 7.32. The highest BCUT2D eigenvalue weighted by Gasteiger charge is 2.32. The maximum absolute atomic E-state index is 11.8. The number of benzene rings is 1. The Morgan fingerprint density at radius 2 is 1.83 bits per heavy atom. The van der Waals surface area contributed by atoms with E-state index in [4.69, 9.17) is 5.11 Å². The van der Waals surface area contributed by atoms with Crippen LogP contribution >= 0.6 is 0 Å². The number of hydrogen-bond acceptors (Lipinski definition) is 3. The second-order valence-corrected chi connectivity index (χ2v) is 6.55. The van der Waals surface area contributed by atoms with Crippen LogP contribution in [0.2, 0.25) is 0 Å². The van der Waals surface area contributed by atoms with Crippen molar-refractivity contribution in [2.24, 2.45) is 0 Å². The van der Waals surface area contributed by atoms with E-state index < -0.39 is 21.2 Å². The van der Waals surface area contributed by atoms with Crippen LogP contribution in [-0.2, 0) is 27.7 Å². The van der Waals surface area contributed by atoms with Crippen molar-refractivity contribution in [2.45, 2.75) is 31.1 Å². The molecule has 0 amide bonds. The predicted molar refractivity (Wildman–Crippen MR) is 66.8 cm³/mol. The molecule has 0 saturated carbocycles. The molecule has 6 heteroatoms. The third-order valence-corrected chi connectivity index (χ3v) is 4.99. The molecule has 18 heavy (non-hydrogen) atoms. The van der Waals surface area contributed by atoms with Gasteiger partial charge in [0.25, 0.3) is 0 Å². The van der Waals surface area contributed by atoms with Gasteiger partial charge in [-0.25, -0.2) is 13.1 Å². The van der Waals surface area contributed by atoms with Crippen LogP contribution < -0.4 is 4.72 Å². The molecule has 1 aliphatic rings. The molecule has 0 radical (unpaired) electrons. The van der Waals surface area contributed by atoms with Gasteiger partial charge in [-0.05, 0) is 30.9 Å². The van der Waals surface area contributed by atoms with Crippen molar-refractivity contribution in [1.29, 1.82) is 0 Å². The molecule has 0 bridgehead atoms. The van der Waals surface area contributed by atoms with Gasteiger partial charge >= 0.3 is 5.97 Å². The minimum absolute atomic E-state index is 0.241. The van der Waals surface area contributed by atoms with Crippen molar-refractivity contribution in [3.8, 4) is 0 Å². The maximum Gasteiger partial charge on any atom is 0.323 e. The number of aliphatic carboxylic acids is 1. The van der Waals surface area contributed by atoms with Crippen molar-refractivity contribution in [3.63, 3.8) is 0 Å². The minimum atomic E-state index is -3.81. The third kappa shape index (κ3) is 2.54. The lowest BCUT2D eigenvalue weighted by atomic mass is 10.1. The molecule has 0 fully saturated rings. The van der Waals surface area contributed by atoms with Crippen molar-refractivity contribution in [3.05, 3.63) is 35.4 Å². The lowest BCUT2D eigenvalue weighted by molar-refractivity contribution is -0.136. The summed E-state index contributed by atoms with van der Waals surface area (Å²) in [7, 11) is -3.81. The van der Waals surface area contributed by atoms with Gasteiger partial charge in [0, 0.05) is 6.04 Å². The van der Waals surface area contributed by atoms with E-state index in [1.807, 2.05) is 24.3 Å². The van der Waals surface area contributed by atoms with Gasteiger partial charge < -0.3 is 5.11 Å². The van der Waals surface area contributed by atoms with E-state index in [0.717, 1.165) is 11.1 Å². The number of rotatable bonds is 4. The summed E-state index contributed by atoms with van der Waals surface area (Å²) < 4.78 is 26.0.